The quantitative estimate of drug-likeness (QED) is 0.694. The molecule has 0 spiro atoms. The summed E-state index contributed by atoms with van der Waals surface area (Å²) in [6.07, 6.45) is 0.987. The molecule has 0 aromatic carbocycles. The van der Waals surface area contributed by atoms with Crippen molar-refractivity contribution in [1.29, 1.82) is 0 Å². The molecule has 3 nitrogen and oxygen atoms in total. The standard InChI is InChI=1S/C12H31NO2Si2/c1-8-12(13)11(4)17(14-9-2,15-10-3)16(5,6)7/h11-12H,8-10,13H2,1-7H3. The largest absolute Gasteiger partial charge is 0.397 e. The molecule has 0 aliphatic rings. The molecule has 0 rings (SSSR count). The molecule has 17 heavy (non-hydrogen) atoms. The van der Waals surface area contributed by atoms with E-state index < -0.39 is 15.7 Å². The molecule has 5 heteroatoms. The fraction of sp³-hybridized carbons (Fsp3) is 1.00. The minimum atomic E-state index is -2.17. The molecule has 0 aromatic rings. The lowest BCUT2D eigenvalue weighted by molar-refractivity contribution is 0.187. The Morgan fingerprint density at radius 1 is 1.00 bits per heavy atom. The zero-order chi connectivity index (χ0) is 13.7. The van der Waals surface area contributed by atoms with Crippen molar-refractivity contribution in [3.8, 4) is 0 Å². The van der Waals surface area contributed by atoms with Crippen LogP contribution in [-0.2, 0) is 8.85 Å². The van der Waals surface area contributed by atoms with E-state index in [0.717, 1.165) is 19.6 Å². The Labute approximate surface area is 109 Å². The van der Waals surface area contributed by atoms with Gasteiger partial charge >= 0.3 is 8.08 Å². The minimum Gasteiger partial charge on any atom is -0.397 e. The van der Waals surface area contributed by atoms with Gasteiger partial charge in [0, 0.05) is 24.8 Å². The summed E-state index contributed by atoms with van der Waals surface area (Å²) in [7, 11) is -3.68. The zero-order valence-electron chi connectivity index (χ0n) is 12.7. The maximum absolute atomic E-state index is 6.26. The summed E-state index contributed by atoms with van der Waals surface area (Å²) in [5, 5.41) is 0. The lowest BCUT2D eigenvalue weighted by atomic mass is 10.2. The summed E-state index contributed by atoms with van der Waals surface area (Å²) in [4.78, 5) is 0. The third-order valence-electron chi connectivity index (χ3n) is 3.48. The van der Waals surface area contributed by atoms with Crippen molar-refractivity contribution in [2.45, 2.75) is 65.3 Å². The molecule has 0 amide bonds. The maximum Gasteiger partial charge on any atom is 0.320 e. The van der Waals surface area contributed by atoms with Crippen molar-refractivity contribution in [2.24, 2.45) is 5.73 Å². The van der Waals surface area contributed by atoms with Crippen LogP contribution < -0.4 is 5.73 Å². The van der Waals surface area contributed by atoms with Crippen LogP contribution in [0.4, 0.5) is 0 Å². The monoisotopic (exact) mass is 277 g/mol. The van der Waals surface area contributed by atoms with Gasteiger partial charge in [-0.3, -0.25) is 0 Å². The van der Waals surface area contributed by atoms with Crippen LogP contribution >= 0.6 is 0 Å². The molecule has 2 unspecified atom stereocenters. The first-order valence-corrected chi connectivity index (χ1v) is 13.2. The van der Waals surface area contributed by atoms with Crippen LogP contribution in [0.25, 0.3) is 0 Å². The molecule has 2 atom stereocenters. The lowest BCUT2D eigenvalue weighted by Crippen LogP contribution is -2.67. The summed E-state index contributed by atoms with van der Waals surface area (Å²) in [5.74, 6) is 0. The molecule has 0 saturated heterocycles. The van der Waals surface area contributed by atoms with E-state index in [4.69, 9.17) is 14.6 Å². The van der Waals surface area contributed by atoms with Crippen LogP contribution in [0, 0.1) is 0 Å². The van der Waals surface area contributed by atoms with Crippen molar-refractivity contribution >= 4 is 15.7 Å². The van der Waals surface area contributed by atoms with Crippen molar-refractivity contribution in [3.05, 3.63) is 0 Å². The topological polar surface area (TPSA) is 44.5 Å². The van der Waals surface area contributed by atoms with Gasteiger partial charge in [-0.1, -0.05) is 33.5 Å². The maximum atomic E-state index is 6.26. The van der Waals surface area contributed by atoms with Crippen molar-refractivity contribution in [1.82, 2.24) is 0 Å². The van der Waals surface area contributed by atoms with Crippen LogP contribution in [0.5, 0.6) is 0 Å². The van der Waals surface area contributed by atoms with Gasteiger partial charge in [0.05, 0.1) is 0 Å². The second-order valence-electron chi connectivity index (χ2n) is 5.64. The van der Waals surface area contributed by atoms with Crippen LogP contribution in [0.1, 0.15) is 34.1 Å². The molecule has 0 aliphatic heterocycles. The van der Waals surface area contributed by atoms with E-state index in [1.807, 2.05) is 0 Å². The van der Waals surface area contributed by atoms with E-state index in [2.05, 4.69) is 47.3 Å². The Balaban J connectivity index is 5.30. The van der Waals surface area contributed by atoms with Gasteiger partial charge in [-0.15, -0.1) is 0 Å². The molecule has 0 saturated carbocycles. The molecule has 0 aromatic heterocycles. The van der Waals surface area contributed by atoms with Crippen LogP contribution in [0.2, 0.25) is 25.2 Å². The highest BCUT2D eigenvalue weighted by Crippen LogP contribution is 2.35. The number of hydrogen-bond acceptors (Lipinski definition) is 3. The van der Waals surface area contributed by atoms with Gasteiger partial charge in [0.15, 0.2) is 0 Å². The molecule has 0 aliphatic carbocycles. The lowest BCUT2D eigenvalue weighted by Gasteiger charge is -2.45. The molecule has 0 heterocycles. The number of nitrogens with two attached hydrogens (primary N) is 1. The molecule has 104 valence electrons. The Morgan fingerprint density at radius 2 is 1.41 bits per heavy atom. The van der Waals surface area contributed by atoms with E-state index in [0.29, 0.717) is 5.54 Å². The Morgan fingerprint density at radius 3 is 1.65 bits per heavy atom. The van der Waals surface area contributed by atoms with Crippen molar-refractivity contribution in [3.63, 3.8) is 0 Å². The number of rotatable bonds is 8. The van der Waals surface area contributed by atoms with Crippen LogP contribution in [0.15, 0.2) is 0 Å². The summed E-state index contributed by atoms with van der Waals surface area (Å²) in [6, 6.07) is 0.187. The van der Waals surface area contributed by atoms with E-state index in [9.17, 15) is 0 Å². The van der Waals surface area contributed by atoms with Crippen LogP contribution in [-0.4, -0.2) is 34.9 Å². The normalized spacial score (nSPS) is 16.9. The average molecular weight is 278 g/mol. The summed E-state index contributed by atoms with van der Waals surface area (Å²) < 4.78 is 12.4. The van der Waals surface area contributed by atoms with E-state index in [1.54, 1.807) is 0 Å². The van der Waals surface area contributed by atoms with E-state index in [1.165, 1.54) is 0 Å². The van der Waals surface area contributed by atoms with Gasteiger partial charge in [-0.25, -0.2) is 0 Å². The highest BCUT2D eigenvalue weighted by atomic mass is 29.3. The first kappa shape index (κ1) is 17.3. The molecule has 0 bridgehead atoms. The minimum absolute atomic E-state index is 0.187. The van der Waals surface area contributed by atoms with Gasteiger partial charge in [0.2, 0.25) is 0 Å². The average Bonchev–Trinajstić information content (AvgIpc) is 2.25. The van der Waals surface area contributed by atoms with Gasteiger partial charge in [-0.2, -0.15) is 0 Å². The number of hydrogen-bond donors (Lipinski definition) is 1. The molecular formula is C12H31NO2Si2. The smallest absolute Gasteiger partial charge is 0.320 e. The highest BCUT2D eigenvalue weighted by Gasteiger charge is 2.55. The van der Waals surface area contributed by atoms with Gasteiger partial charge in [0.25, 0.3) is 0 Å². The zero-order valence-corrected chi connectivity index (χ0v) is 14.7. The van der Waals surface area contributed by atoms with Gasteiger partial charge in [0.1, 0.15) is 7.59 Å². The second kappa shape index (κ2) is 7.04. The highest BCUT2D eigenvalue weighted by molar-refractivity contribution is 7.36. The Kier molecular flexibility index (Phi) is 7.17. The van der Waals surface area contributed by atoms with Crippen molar-refractivity contribution in [2.75, 3.05) is 13.2 Å². The predicted molar refractivity (Wildman–Crippen MR) is 80.0 cm³/mol. The molecular weight excluding hydrogens is 246 g/mol. The molecule has 0 fully saturated rings. The first-order valence-electron chi connectivity index (χ1n) is 6.80. The predicted octanol–water partition coefficient (Wildman–Crippen LogP) is 3.05. The van der Waals surface area contributed by atoms with Gasteiger partial charge < -0.3 is 14.6 Å². The summed E-state index contributed by atoms with van der Waals surface area (Å²) in [6.45, 7) is 17.0. The summed E-state index contributed by atoms with van der Waals surface area (Å²) >= 11 is 0. The Bertz CT molecular complexity index is 213. The molecule has 0 radical (unpaired) electrons. The van der Waals surface area contributed by atoms with Crippen molar-refractivity contribution < 1.29 is 8.85 Å². The third kappa shape index (κ3) is 3.89. The fourth-order valence-electron chi connectivity index (χ4n) is 2.48. The van der Waals surface area contributed by atoms with E-state index in [-0.39, 0.29) is 6.04 Å². The third-order valence-corrected chi connectivity index (χ3v) is 17.1. The SMILES string of the molecule is CCO[Si](OCC)(C(C)C(N)CC)[Si](C)(C)C. The van der Waals surface area contributed by atoms with Crippen LogP contribution in [0.3, 0.4) is 0 Å². The molecule has 2 N–H and O–H groups in total. The van der Waals surface area contributed by atoms with E-state index >= 15 is 0 Å². The Hall–Kier alpha value is 0.314. The summed E-state index contributed by atoms with van der Waals surface area (Å²) in [5.41, 5.74) is 6.62. The van der Waals surface area contributed by atoms with Gasteiger partial charge in [-0.05, 0) is 20.3 Å². The first-order chi connectivity index (χ1) is 7.76. The fourth-order valence-corrected chi connectivity index (χ4v) is 15.2. The second-order valence-corrected chi connectivity index (χ2v) is 19.6.